The fraction of sp³-hybridized carbons (Fsp3) is 0.310. The first-order chi connectivity index (χ1) is 17.1. The molecule has 0 N–H and O–H groups in total. The molecule has 1 unspecified atom stereocenters. The van der Waals surface area contributed by atoms with Crippen molar-refractivity contribution in [1.29, 1.82) is 0 Å². The first-order valence-corrected chi connectivity index (χ1v) is 12.1. The molecule has 6 nitrogen and oxygen atoms in total. The predicted molar refractivity (Wildman–Crippen MR) is 134 cm³/mol. The van der Waals surface area contributed by atoms with E-state index in [1.807, 2.05) is 30.3 Å². The Hall–Kier alpha value is -3.64. The van der Waals surface area contributed by atoms with Gasteiger partial charge in [-0.05, 0) is 54.8 Å². The lowest BCUT2D eigenvalue weighted by atomic mass is 9.99. The van der Waals surface area contributed by atoms with Gasteiger partial charge in [0.1, 0.15) is 18.1 Å². The van der Waals surface area contributed by atoms with Crippen LogP contribution in [0.25, 0.3) is 0 Å². The lowest BCUT2D eigenvalue weighted by molar-refractivity contribution is 0.0642. The van der Waals surface area contributed by atoms with E-state index in [-0.39, 0.29) is 24.4 Å². The number of hydrogen-bond donors (Lipinski definition) is 0. The molecule has 0 saturated heterocycles. The number of rotatable bonds is 8. The molecule has 3 aromatic carbocycles. The standard InChI is InChI=1S/C29H30N2O4/c1-3-15-30(22-16-25-26(34-2)9-6-10-27(25)35-19-22)17-20-11-13-21(14-12-20)18-31-28(32)23-7-4-5-8-24(23)29(31)33/h4-14,22H,3,15-19H2,1-2H3. The summed E-state index contributed by atoms with van der Waals surface area (Å²) in [5.41, 5.74) is 4.22. The second-order valence-corrected chi connectivity index (χ2v) is 9.13. The van der Waals surface area contributed by atoms with Crippen molar-refractivity contribution in [3.8, 4) is 11.5 Å². The molecule has 2 aliphatic heterocycles. The van der Waals surface area contributed by atoms with E-state index in [0.29, 0.717) is 17.7 Å². The number of methoxy groups -OCH3 is 1. The van der Waals surface area contributed by atoms with E-state index in [1.54, 1.807) is 31.4 Å². The van der Waals surface area contributed by atoms with Crippen molar-refractivity contribution >= 4 is 11.8 Å². The van der Waals surface area contributed by atoms with E-state index in [9.17, 15) is 9.59 Å². The lowest BCUT2D eigenvalue weighted by Gasteiger charge is -2.35. The average molecular weight is 471 g/mol. The Bertz CT molecular complexity index is 1190. The number of benzene rings is 3. The summed E-state index contributed by atoms with van der Waals surface area (Å²) in [4.78, 5) is 29.2. The molecule has 0 saturated carbocycles. The van der Waals surface area contributed by atoms with Crippen molar-refractivity contribution in [2.45, 2.75) is 38.9 Å². The minimum absolute atomic E-state index is 0.225. The molecule has 2 aliphatic rings. The second kappa shape index (κ2) is 9.92. The van der Waals surface area contributed by atoms with Crippen LogP contribution in [0.2, 0.25) is 0 Å². The van der Waals surface area contributed by atoms with Crippen molar-refractivity contribution in [2.75, 3.05) is 20.3 Å². The molecule has 6 heteroatoms. The lowest BCUT2D eigenvalue weighted by Crippen LogP contribution is -2.43. The van der Waals surface area contributed by atoms with Crippen LogP contribution in [0.4, 0.5) is 0 Å². The van der Waals surface area contributed by atoms with Gasteiger partial charge in [-0.1, -0.05) is 49.4 Å². The highest BCUT2D eigenvalue weighted by atomic mass is 16.5. The molecule has 1 atom stereocenters. The minimum atomic E-state index is -0.225. The normalized spacial score (nSPS) is 16.8. The number of imide groups is 1. The molecule has 0 aromatic heterocycles. The largest absolute Gasteiger partial charge is 0.496 e. The van der Waals surface area contributed by atoms with E-state index in [1.165, 1.54) is 10.5 Å². The molecule has 0 bridgehead atoms. The first-order valence-electron chi connectivity index (χ1n) is 12.1. The van der Waals surface area contributed by atoms with Crippen LogP contribution in [0.3, 0.4) is 0 Å². The average Bonchev–Trinajstić information content (AvgIpc) is 3.13. The summed E-state index contributed by atoms with van der Waals surface area (Å²) in [6.45, 7) is 4.89. The molecule has 2 amide bonds. The van der Waals surface area contributed by atoms with Gasteiger partial charge in [0.15, 0.2) is 0 Å². The van der Waals surface area contributed by atoms with Gasteiger partial charge in [0.05, 0.1) is 24.8 Å². The molecule has 35 heavy (non-hydrogen) atoms. The number of nitrogens with zero attached hydrogens (tertiary/aromatic N) is 2. The summed E-state index contributed by atoms with van der Waals surface area (Å²) in [6, 6.07) is 21.4. The molecular weight excluding hydrogens is 440 g/mol. The first kappa shape index (κ1) is 23.1. The van der Waals surface area contributed by atoms with E-state index >= 15 is 0 Å². The number of carbonyl (C=O) groups is 2. The van der Waals surface area contributed by atoms with E-state index in [2.05, 4.69) is 24.0 Å². The zero-order valence-corrected chi connectivity index (χ0v) is 20.2. The Kier molecular flexibility index (Phi) is 6.55. The second-order valence-electron chi connectivity index (χ2n) is 9.13. The SMILES string of the molecule is CCCN(Cc1ccc(CN2C(=O)c3ccccc3C2=O)cc1)C1COc2cccc(OC)c2C1. The van der Waals surface area contributed by atoms with Crippen molar-refractivity contribution in [1.82, 2.24) is 9.80 Å². The van der Waals surface area contributed by atoms with E-state index in [0.717, 1.165) is 48.6 Å². The van der Waals surface area contributed by atoms with Crippen molar-refractivity contribution in [3.05, 3.63) is 94.5 Å². The van der Waals surface area contributed by atoms with Crippen LogP contribution in [-0.4, -0.2) is 47.9 Å². The van der Waals surface area contributed by atoms with Gasteiger partial charge >= 0.3 is 0 Å². The van der Waals surface area contributed by atoms with E-state index < -0.39 is 0 Å². The summed E-state index contributed by atoms with van der Waals surface area (Å²) >= 11 is 0. The zero-order valence-electron chi connectivity index (χ0n) is 20.2. The maximum Gasteiger partial charge on any atom is 0.261 e. The van der Waals surface area contributed by atoms with Gasteiger partial charge in [0.2, 0.25) is 0 Å². The molecule has 3 aromatic rings. The third-order valence-corrected chi connectivity index (χ3v) is 6.84. The molecular formula is C29H30N2O4. The Balaban J connectivity index is 1.27. The van der Waals surface area contributed by atoms with Crippen molar-refractivity contribution < 1.29 is 19.1 Å². The number of amides is 2. The van der Waals surface area contributed by atoms with Crippen LogP contribution >= 0.6 is 0 Å². The summed E-state index contributed by atoms with van der Waals surface area (Å²) in [7, 11) is 1.70. The Labute approximate surface area is 206 Å². The van der Waals surface area contributed by atoms with Crippen LogP contribution in [0.5, 0.6) is 11.5 Å². The van der Waals surface area contributed by atoms with Crippen molar-refractivity contribution in [2.24, 2.45) is 0 Å². The number of carbonyl (C=O) groups excluding carboxylic acids is 2. The summed E-state index contributed by atoms with van der Waals surface area (Å²) in [5.74, 6) is 1.34. The fourth-order valence-corrected chi connectivity index (χ4v) is 5.02. The Morgan fingerprint density at radius 1 is 0.943 bits per heavy atom. The molecule has 0 spiro atoms. The summed E-state index contributed by atoms with van der Waals surface area (Å²) in [5, 5.41) is 0. The summed E-state index contributed by atoms with van der Waals surface area (Å²) in [6.07, 6.45) is 1.93. The monoisotopic (exact) mass is 470 g/mol. The van der Waals surface area contributed by atoms with E-state index in [4.69, 9.17) is 9.47 Å². The maximum atomic E-state index is 12.7. The molecule has 5 rings (SSSR count). The highest BCUT2D eigenvalue weighted by molar-refractivity contribution is 6.21. The van der Waals surface area contributed by atoms with Gasteiger partial charge in [-0.2, -0.15) is 0 Å². The maximum absolute atomic E-state index is 12.7. The van der Waals surface area contributed by atoms with Crippen LogP contribution < -0.4 is 9.47 Å². The smallest absolute Gasteiger partial charge is 0.261 e. The van der Waals surface area contributed by atoms with Crippen LogP contribution in [0, 0.1) is 0 Å². The number of ether oxygens (including phenoxy) is 2. The van der Waals surface area contributed by atoms with Gasteiger partial charge in [0, 0.05) is 18.2 Å². The fourth-order valence-electron chi connectivity index (χ4n) is 5.02. The number of fused-ring (bicyclic) bond motifs is 2. The van der Waals surface area contributed by atoms with Gasteiger partial charge < -0.3 is 9.47 Å². The Morgan fingerprint density at radius 3 is 2.29 bits per heavy atom. The summed E-state index contributed by atoms with van der Waals surface area (Å²) < 4.78 is 11.7. The topological polar surface area (TPSA) is 59.1 Å². The molecule has 0 aliphatic carbocycles. The highest BCUT2D eigenvalue weighted by Gasteiger charge is 2.35. The molecule has 180 valence electrons. The zero-order chi connectivity index (χ0) is 24.4. The molecule has 2 heterocycles. The quantitative estimate of drug-likeness (QED) is 0.447. The number of hydrogen-bond acceptors (Lipinski definition) is 5. The van der Waals surface area contributed by atoms with Gasteiger partial charge in [-0.15, -0.1) is 0 Å². The van der Waals surface area contributed by atoms with Gasteiger partial charge in [0.25, 0.3) is 11.8 Å². The minimum Gasteiger partial charge on any atom is -0.496 e. The Morgan fingerprint density at radius 2 is 1.63 bits per heavy atom. The third kappa shape index (κ3) is 4.54. The highest BCUT2D eigenvalue weighted by Crippen LogP contribution is 2.34. The van der Waals surface area contributed by atoms with Crippen LogP contribution in [-0.2, 0) is 19.5 Å². The predicted octanol–water partition coefficient (Wildman–Crippen LogP) is 4.71. The van der Waals surface area contributed by atoms with Gasteiger partial charge in [-0.25, -0.2) is 0 Å². The van der Waals surface area contributed by atoms with Crippen molar-refractivity contribution in [3.63, 3.8) is 0 Å². The van der Waals surface area contributed by atoms with Gasteiger partial charge in [-0.3, -0.25) is 19.4 Å². The van der Waals surface area contributed by atoms with Crippen LogP contribution in [0.1, 0.15) is 50.8 Å². The van der Waals surface area contributed by atoms with Crippen LogP contribution in [0.15, 0.2) is 66.7 Å². The molecule has 0 radical (unpaired) electrons. The molecule has 0 fully saturated rings. The third-order valence-electron chi connectivity index (χ3n) is 6.84.